The monoisotopic (exact) mass is 368 g/mol. The zero-order valence-electron chi connectivity index (χ0n) is 13.0. The first-order valence-corrected chi connectivity index (χ1v) is 9.03. The molecule has 0 spiro atoms. The number of halogens is 2. The van der Waals surface area contributed by atoms with E-state index >= 15 is 0 Å². The summed E-state index contributed by atoms with van der Waals surface area (Å²) in [7, 11) is 1.88. The van der Waals surface area contributed by atoms with Crippen LogP contribution in [0.25, 0.3) is 0 Å². The van der Waals surface area contributed by atoms with Crippen molar-refractivity contribution < 1.29 is 4.79 Å². The second-order valence-corrected chi connectivity index (χ2v) is 6.85. The lowest BCUT2D eigenvalue weighted by Gasteiger charge is -2.18. The van der Waals surface area contributed by atoms with Crippen molar-refractivity contribution in [1.29, 1.82) is 0 Å². The van der Waals surface area contributed by atoms with Crippen LogP contribution in [0.5, 0.6) is 0 Å². The van der Waals surface area contributed by atoms with E-state index in [1.54, 1.807) is 23.9 Å². The number of carbonyl (C=O) groups excluding carboxylic acids is 1. The number of nitrogens with one attached hydrogen (secondary N) is 1. The number of hydrogen-bond acceptors (Lipinski definition) is 3. The van der Waals surface area contributed by atoms with Crippen molar-refractivity contribution in [2.24, 2.45) is 0 Å². The molecule has 3 nitrogen and oxygen atoms in total. The number of para-hydroxylation sites is 1. The number of rotatable bonds is 6. The third kappa shape index (κ3) is 5.43. The molecule has 0 aliphatic carbocycles. The molecule has 0 atom stereocenters. The molecule has 1 amide bonds. The van der Waals surface area contributed by atoms with Gasteiger partial charge in [-0.1, -0.05) is 41.4 Å². The van der Waals surface area contributed by atoms with Gasteiger partial charge in [0.15, 0.2) is 0 Å². The van der Waals surface area contributed by atoms with Crippen molar-refractivity contribution in [3.63, 3.8) is 0 Å². The number of anilines is 1. The van der Waals surface area contributed by atoms with Gasteiger partial charge in [-0.25, -0.2) is 0 Å². The Hall–Kier alpha value is -1.20. The fourth-order valence-corrected chi connectivity index (χ4v) is 3.20. The highest BCUT2D eigenvalue weighted by Gasteiger charge is 2.11. The SMILES string of the molecule is CSc1ccccc1NC(=O)CN(C)Cc1ccc(Cl)cc1Cl. The molecule has 122 valence electrons. The molecule has 0 fully saturated rings. The molecule has 2 aromatic carbocycles. The number of hydrogen-bond donors (Lipinski definition) is 1. The Labute approximate surface area is 151 Å². The van der Waals surface area contributed by atoms with Crippen LogP contribution in [0, 0.1) is 0 Å². The second-order valence-electron chi connectivity index (χ2n) is 5.16. The standard InChI is InChI=1S/C17H18Cl2N2OS/c1-21(10-12-7-8-13(18)9-14(12)19)11-17(22)20-15-5-3-4-6-16(15)23-2/h3-9H,10-11H2,1-2H3,(H,20,22). The fraction of sp³-hybridized carbons (Fsp3) is 0.235. The second kappa shape index (κ2) is 8.60. The van der Waals surface area contributed by atoms with Crippen LogP contribution in [-0.4, -0.2) is 30.7 Å². The predicted molar refractivity (Wildman–Crippen MR) is 99.6 cm³/mol. The van der Waals surface area contributed by atoms with Gasteiger partial charge >= 0.3 is 0 Å². The topological polar surface area (TPSA) is 32.3 Å². The molecule has 23 heavy (non-hydrogen) atoms. The lowest BCUT2D eigenvalue weighted by molar-refractivity contribution is -0.117. The number of likely N-dealkylation sites (N-methyl/N-ethyl adjacent to an activating group) is 1. The van der Waals surface area contributed by atoms with E-state index in [-0.39, 0.29) is 12.5 Å². The minimum absolute atomic E-state index is 0.0564. The van der Waals surface area contributed by atoms with Gasteiger partial charge in [0.2, 0.25) is 5.91 Å². The van der Waals surface area contributed by atoms with E-state index in [2.05, 4.69) is 5.32 Å². The van der Waals surface area contributed by atoms with Crippen LogP contribution in [0.3, 0.4) is 0 Å². The number of amides is 1. The van der Waals surface area contributed by atoms with E-state index in [9.17, 15) is 4.79 Å². The normalized spacial score (nSPS) is 10.8. The van der Waals surface area contributed by atoms with E-state index in [0.29, 0.717) is 16.6 Å². The van der Waals surface area contributed by atoms with Crippen molar-refractivity contribution in [3.05, 3.63) is 58.1 Å². The third-order valence-corrected chi connectivity index (χ3v) is 4.63. The Morgan fingerprint density at radius 2 is 1.96 bits per heavy atom. The lowest BCUT2D eigenvalue weighted by atomic mass is 10.2. The summed E-state index contributed by atoms with van der Waals surface area (Å²) in [4.78, 5) is 15.2. The maximum absolute atomic E-state index is 12.2. The maximum Gasteiger partial charge on any atom is 0.238 e. The lowest BCUT2D eigenvalue weighted by Crippen LogP contribution is -2.30. The van der Waals surface area contributed by atoms with E-state index < -0.39 is 0 Å². The molecule has 0 bridgehead atoms. The molecule has 0 aliphatic rings. The minimum atomic E-state index is -0.0564. The van der Waals surface area contributed by atoms with Gasteiger partial charge in [0, 0.05) is 21.5 Å². The summed E-state index contributed by atoms with van der Waals surface area (Å²) in [5, 5.41) is 4.16. The Morgan fingerprint density at radius 3 is 2.65 bits per heavy atom. The van der Waals surface area contributed by atoms with Crippen molar-refractivity contribution in [2.45, 2.75) is 11.4 Å². The van der Waals surface area contributed by atoms with Crippen LogP contribution in [0.1, 0.15) is 5.56 Å². The van der Waals surface area contributed by atoms with E-state index in [4.69, 9.17) is 23.2 Å². The molecular weight excluding hydrogens is 351 g/mol. The van der Waals surface area contributed by atoms with Crippen molar-refractivity contribution in [1.82, 2.24) is 4.90 Å². The molecule has 6 heteroatoms. The van der Waals surface area contributed by atoms with Gasteiger partial charge < -0.3 is 5.32 Å². The summed E-state index contributed by atoms with van der Waals surface area (Å²) in [5.41, 5.74) is 1.78. The molecule has 0 radical (unpaired) electrons. The van der Waals surface area contributed by atoms with Crippen molar-refractivity contribution in [2.75, 3.05) is 25.2 Å². The molecule has 0 saturated heterocycles. The zero-order chi connectivity index (χ0) is 16.8. The number of nitrogens with zero attached hydrogens (tertiary/aromatic N) is 1. The van der Waals surface area contributed by atoms with E-state index in [0.717, 1.165) is 16.1 Å². The summed E-state index contributed by atoms with van der Waals surface area (Å²) >= 11 is 13.7. The van der Waals surface area contributed by atoms with E-state index in [1.165, 1.54) is 0 Å². The highest BCUT2D eigenvalue weighted by atomic mass is 35.5. The summed E-state index contributed by atoms with van der Waals surface area (Å²) < 4.78 is 0. The zero-order valence-corrected chi connectivity index (χ0v) is 15.3. The van der Waals surface area contributed by atoms with Crippen LogP contribution < -0.4 is 5.32 Å². The smallest absolute Gasteiger partial charge is 0.238 e. The molecule has 0 aliphatic heterocycles. The molecule has 0 unspecified atom stereocenters. The highest BCUT2D eigenvalue weighted by Crippen LogP contribution is 2.25. The van der Waals surface area contributed by atoms with Crippen LogP contribution in [0.15, 0.2) is 47.4 Å². The Morgan fingerprint density at radius 1 is 1.22 bits per heavy atom. The number of benzene rings is 2. The van der Waals surface area contributed by atoms with Crippen LogP contribution in [-0.2, 0) is 11.3 Å². The quantitative estimate of drug-likeness (QED) is 0.744. The summed E-state index contributed by atoms with van der Waals surface area (Å²) in [6.45, 7) is 0.856. The summed E-state index contributed by atoms with van der Waals surface area (Å²) in [5.74, 6) is -0.0564. The third-order valence-electron chi connectivity index (χ3n) is 3.25. The van der Waals surface area contributed by atoms with Gasteiger partial charge in [-0.2, -0.15) is 0 Å². The molecule has 0 heterocycles. The molecule has 2 rings (SSSR count). The highest BCUT2D eigenvalue weighted by molar-refractivity contribution is 7.98. The van der Waals surface area contributed by atoms with Crippen molar-refractivity contribution >= 4 is 46.6 Å². The molecular formula is C17H18Cl2N2OS. The van der Waals surface area contributed by atoms with Gasteiger partial charge in [-0.3, -0.25) is 9.69 Å². The van der Waals surface area contributed by atoms with Crippen molar-refractivity contribution in [3.8, 4) is 0 Å². The summed E-state index contributed by atoms with van der Waals surface area (Å²) in [6.07, 6.45) is 1.99. The minimum Gasteiger partial charge on any atom is -0.324 e. The van der Waals surface area contributed by atoms with E-state index in [1.807, 2.05) is 48.5 Å². The Bertz CT molecular complexity index is 694. The Kier molecular flexibility index (Phi) is 6.78. The van der Waals surface area contributed by atoms with Crippen LogP contribution in [0.2, 0.25) is 10.0 Å². The molecule has 2 aromatic rings. The predicted octanol–water partition coefficient (Wildman–Crippen LogP) is 4.79. The molecule has 1 N–H and O–H groups in total. The fourth-order valence-electron chi connectivity index (χ4n) is 2.18. The maximum atomic E-state index is 12.2. The van der Waals surface area contributed by atoms with Gasteiger partial charge in [0.1, 0.15) is 0 Å². The average Bonchev–Trinajstić information content (AvgIpc) is 2.50. The number of thioether (sulfide) groups is 1. The summed E-state index contributed by atoms with van der Waals surface area (Å²) in [6, 6.07) is 13.1. The van der Waals surface area contributed by atoms with Crippen LogP contribution >= 0.6 is 35.0 Å². The first-order chi connectivity index (χ1) is 11.0. The van der Waals surface area contributed by atoms with Crippen LogP contribution in [0.4, 0.5) is 5.69 Å². The van der Waals surface area contributed by atoms with Gasteiger partial charge in [-0.15, -0.1) is 11.8 Å². The van der Waals surface area contributed by atoms with Gasteiger partial charge in [0.05, 0.1) is 12.2 Å². The number of carbonyl (C=O) groups is 1. The molecule has 0 aromatic heterocycles. The van der Waals surface area contributed by atoms with Gasteiger partial charge in [0.25, 0.3) is 0 Å². The first kappa shape index (κ1) is 18.1. The largest absolute Gasteiger partial charge is 0.324 e. The van der Waals surface area contributed by atoms with Gasteiger partial charge in [-0.05, 0) is 43.1 Å². The average molecular weight is 369 g/mol. The first-order valence-electron chi connectivity index (χ1n) is 7.05. The molecule has 0 saturated carbocycles. The Balaban J connectivity index is 1.94.